The molecule has 2 aromatic rings. The zero-order valence-electron chi connectivity index (χ0n) is 13.5. The fourth-order valence-electron chi connectivity index (χ4n) is 2.81. The van der Waals surface area contributed by atoms with E-state index in [2.05, 4.69) is 14.6 Å². The fourth-order valence-corrected chi connectivity index (χ4v) is 4.03. The minimum atomic E-state index is -3.47. The zero-order valence-corrected chi connectivity index (χ0v) is 14.3. The lowest BCUT2D eigenvalue weighted by molar-refractivity contribution is 0.423. The molecule has 0 unspecified atom stereocenters. The molecular weight excluding hydrogens is 324 g/mol. The second-order valence-corrected chi connectivity index (χ2v) is 7.51. The number of aromatic nitrogens is 1. The average Bonchev–Trinajstić information content (AvgIpc) is 2.89. The van der Waals surface area contributed by atoms with Crippen LogP contribution in [0.2, 0.25) is 0 Å². The number of hydrogen-bond acceptors (Lipinski definition) is 4. The van der Waals surface area contributed by atoms with E-state index in [0.717, 1.165) is 24.2 Å². The van der Waals surface area contributed by atoms with Gasteiger partial charge in [0.15, 0.2) is 0 Å². The largest absolute Gasteiger partial charge is 0.370 e. The third-order valence-electron chi connectivity index (χ3n) is 4.12. The summed E-state index contributed by atoms with van der Waals surface area (Å²) in [4.78, 5) is 6.23. The van der Waals surface area contributed by atoms with Gasteiger partial charge in [-0.2, -0.15) is 17.4 Å². The molecule has 128 valence electrons. The summed E-state index contributed by atoms with van der Waals surface area (Å²) in [7, 11) is -3.47. The van der Waals surface area contributed by atoms with E-state index in [1.165, 1.54) is 4.31 Å². The van der Waals surface area contributed by atoms with E-state index in [4.69, 9.17) is 0 Å². The van der Waals surface area contributed by atoms with Crippen LogP contribution in [0, 0.1) is 0 Å². The fraction of sp³-hybridized carbons (Fsp3) is 0.353. The van der Waals surface area contributed by atoms with Crippen molar-refractivity contribution in [2.45, 2.75) is 13.0 Å². The Morgan fingerprint density at radius 2 is 1.71 bits per heavy atom. The summed E-state index contributed by atoms with van der Waals surface area (Å²) in [6.45, 7) is 2.84. The molecule has 1 aliphatic rings. The van der Waals surface area contributed by atoms with Crippen molar-refractivity contribution in [1.29, 1.82) is 0 Å². The van der Waals surface area contributed by atoms with Crippen molar-refractivity contribution in [3.63, 3.8) is 0 Å². The van der Waals surface area contributed by atoms with Crippen LogP contribution < -0.4 is 9.62 Å². The van der Waals surface area contributed by atoms with Gasteiger partial charge in [-0.05, 0) is 24.1 Å². The van der Waals surface area contributed by atoms with E-state index < -0.39 is 10.2 Å². The van der Waals surface area contributed by atoms with Gasteiger partial charge in [0.25, 0.3) is 10.2 Å². The van der Waals surface area contributed by atoms with Gasteiger partial charge in [0, 0.05) is 50.8 Å². The quantitative estimate of drug-likeness (QED) is 0.894. The number of pyridine rings is 1. The molecule has 0 amide bonds. The molecule has 0 atom stereocenters. The molecule has 1 aromatic heterocycles. The van der Waals surface area contributed by atoms with Crippen molar-refractivity contribution in [2.24, 2.45) is 0 Å². The van der Waals surface area contributed by atoms with Crippen molar-refractivity contribution in [1.82, 2.24) is 14.0 Å². The summed E-state index contributed by atoms with van der Waals surface area (Å²) < 4.78 is 29.3. The second-order valence-electron chi connectivity index (χ2n) is 5.76. The molecule has 1 aliphatic heterocycles. The summed E-state index contributed by atoms with van der Waals surface area (Å²) in [5.74, 6) is 0. The monoisotopic (exact) mass is 346 g/mol. The lowest BCUT2D eigenvalue weighted by Gasteiger charge is -2.23. The Hall–Kier alpha value is -1.96. The van der Waals surface area contributed by atoms with Gasteiger partial charge in [-0.15, -0.1) is 0 Å². The van der Waals surface area contributed by atoms with Crippen LogP contribution >= 0.6 is 0 Å². The first kappa shape index (κ1) is 16.9. The third-order valence-corrected chi connectivity index (χ3v) is 5.68. The Kier molecular flexibility index (Phi) is 5.44. The van der Waals surface area contributed by atoms with E-state index >= 15 is 0 Å². The molecule has 1 aromatic carbocycles. The Morgan fingerprint density at radius 3 is 2.46 bits per heavy atom. The molecule has 0 bridgehead atoms. The van der Waals surface area contributed by atoms with E-state index in [1.54, 1.807) is 12.4 Å². The van der Waals surface area contributed by atoms with Crippen LogP contribution in [0.1, 0.15) is 12.0 Å². The first-order valence-electron chi connectivity index (χ1n) is 8.09. The summed E-state index contributed by atoms with van der Waals surface area (Å²) in [5, 5.41) is 0. The SMILES string of the molecule is O=S(=O)(NCc1ccccc1)N1CCCN(c2ccncc2)CC1. The van der Waals surface area contributed by atoms with Crippen molar-refractivity contribution in [2.75, 3.05) is 31.1 Å². The first-order chi connectivity index (χ1) is 11.6. The van der Waals surface area contributed by atoms with Gasteiger partial charge in [0.2, 0.25) is 0 Å². The number of hydrogen-bond donors (Lipinski definition) is 1. The highest BCUT2D eigenvalue weighted by Gasteiger charge is 2.24. The highest BCUT2D eigenvalue weighted by molar-refractivity contribution is 7.87. The van der Waals surface area contributed by atoms with Gasteiger partial charge >= 0.3 is 0 Å². The van der Waals surface area contributed by atoms with Gasteiger partial charge in [0.1, 0.15) is 0 Å². The minimum Gasteiger partial charge on any atom is -0.370 e. The summed E-state index contributed by atoms with van der Waals surface area (Å²) in [6.07, 6.45) is 4.32. The van der Waals surface area contributed by atoms with Crippen molar-refractivity contribution < 1.29 is 8.42 Å². The van der Waals surface area contributed by atoms with E-state index in [0.29, 0.717) is 26.2 Å². The predicted molar refractivity (Wildman–Crippen MR) is 94.8 cm³/mol. The topological polar surface area (TPSA) is 65.5 Å². The third kappa shape index (κ3) is 4.31. The van der Waals surface area contributed by atoms with Crippen LogP contribution in [-0.2, 0) is 16.8 Å². The van der Waals surface area contributed by atoms with Crippen molar-refractivity contribution >= 4 is 15.9 Å². The molecule has 2 heterocycles. The van der Waals surface area contributed by atoms with Crippen molar-refractivity contribution in [3.05, 3.63) is 60.4 Å². The number of anilines is 1. The molecule has 1 fully saturated rings. The first-order valence-corrected chi connectivity index (χ1v) is 9.53. The number of benzene rings is 1. The molecule has 1 saturated heterocycles. The molecule has 7 heteroatoms. The number of nitrogens with one attached hydrogen (secondary N) is 1. The Balaban J connectivity index is 1.60. The lowest BCUT2D eigenvalue weighted by atomic mass is 10.2. The normalized spacial score (nSPS) is 16.8. The van der Waals surface area contributed by atoms with Crippen LogP contribution in [0.3, 0.4) is 0 Å². The average molecular weight is 346 g/mol. The summed E-state index contributed by atoms with van der Waals surface area (Å²) in [6, 6.07) is 13.5. The van der Waals surface area contributed by atoms with Crippen LogP contribution in [-0.4, -0.2) is 43.9 Å². The van der Waals surface area contributed by atoms with Gasteiger partial charge in [-0.1, -0.05) is 30.3 Å². The summed E-state index contributed by atoms with van der Waals surface area (Å²) >= 11 is 0. The molecule has 0 saturated carbocycles. The molecule has 0 spiro atoms. The van der Waals surface area contributed by atoms with Crippen LogP contribution in [0.15, 0.2) is 54.9 Å². The maximum Gasteiger partial charge on any atom is 0.279 e. The maximum atomic E-state index is 12.5. The molecule has 6 nitrogen and oxygen atoms in total. The smallest absolute Gasteiger partial charge is 0.279 e. The second kappa shape index (κ2) is 7.74. The number of rotatable bonds is 5. The van der Waals surface area contributed by atoms with Crippen LogP contribution in [0.5, 0.6) is 0 Å². The van der Waals surface area contributed by atoms with E-state index in [-0.39, 0.29) is 0 Å². The summed E-state index contributed by atoms with van der Waals surface area (Å²) in [5.41, 5.74) is 2.04. The minimum absolute atomic E-state index is 0.313. The predicted octanol–water partition coefficient (Wildman–Crippen LogP) is 1.63. The Morgan fingerprint density at radius 1 is 0.958 bits per heavy atom. The lowest BCUT2D eigenvalue weighted by Crippen LogP contribution is -2.42. The van der Waals surface area contributed by atoms with Crippen LogP contribution in [0.25, 0.3) is 0 Å². The Bertz CT molecular complexity index is 738. The highest BCUT2D eigenvalue weighted by Crippen LogP contribution is 2.16. The molecule has 24 heavy (non-hydrogen) atoms. The molecular formula is C17H22N4O2S. The van der Waals surface area contributed by atoms with Gasteiger partial charge in [-0.25, -0.2) is 0 Å². The van der Waals surface area contributed by atoms with Crippen LogP contribution in [0.4, 0.5) is 5.69 Å². The van der Waals surface area contributed by atoms with E-state index in [1.807, 2.05) is 42.5 Å². The van der Waals surface area contributed by atoms with Gasteiger partial charge < -0.3 is 4.90 Å². The van der Waals surface area contributed by atoms with Gasteiger partial charge in [-0.3, -0.25) is 4.98 Å². The zero-order chi connectivity index (χ0) is 16.8. The Labute approximate surface area is 143 Å². The van der Waals surface area contributed by atoms with E-state index in [9.17, 15) is 8.42 Å². The molecule has 0 radical (unpaired) electrons. The van der Waals surface area contributed by atoms with Crippen molar-refractivity contribution in [3.8, 4) is 0 Å². The maximum absolute atomic E-state index is 12.5. The molecule has 1 N–H and O–H groups in total. The molecule has 0 aliphatic carbocycles. The van der Waals surface area contributed by atoms with Gasteiger partial charge in [0.05, 0.1) is 0 Å². The number of nitrogens with zero attached hydrogens (tertiary/aromatic N) is 3. The standard InChI is InChI=1S/C17H22N4O2S/c22-24(23,19-15-16-5-2-1-3-6-16)21-12-4-11-20(13-14-21)17-7-9-18-10-8-17/h1-3,5-10,19H,4,11-15H2. The highest BCUT2D eigenvalue weighted by atomic mass is 32.2. The molecule has 3 rings (SSSR count).